The number of halogens is 3. The lowest BCUT2D eigenvalue weighted by molar-refractivity contribution is 0.0708. The Morgan fingerprint density at radius 1 is 1.12 bits per heavy atom. The highest BCUT2D eigenvalue weighted by molar-refractivity contribution is 6.33. The highest BCUT2D eigenvalue weighted by Crippen LogP contribution is 2.23. The molecule has 0 unspecified atom stereocenters. The van der Waals surface area contributed by atoms with Crippen molar-refractivity contribution in [2.24, 2.45) is 0 Å². The topological polar surface area (TPSA) is 76.8 Å². The largest absolute Gasteiger partial charge is 0.329 e. The molecule has 0 aliphatic carbocycles. The Kier molecular flexibility index (Phi) is 4.08. The maximum Gasteiger partial charge on any atom is 0.255 e. The Morgan fingerprint density at radius 2 is 1.96 bits per heavy atom. The van der Waals surface area contributed by atoms with E-state index in [-0.39, 0.29) is 23.0 Å². The standard InChI is InChI=1S/C16H11ClF2N6O/c17-11-5-9(18)1-2-10(11)16(26)24-3-4-25-14(8-24)22-23-15(25)12-6-21-13(19)7-20-12/h1-2,5-7H,3-4,8H2. The molecule has 1 aliphatic rings. The molecule has 7 nitrogen and oxygen atoms in total. The summed E-state index contributed by atoms with van der Waals surface area (Å²) in [6, 6.07) is 3.66. The van der Waals surface area contributed by atoms with Crippen molar-refractivity contribution in [3.05, 3.63) is 58.8 Å². The average Bonchev–Trinajstić information content (AvgIpc) is 3.05. The third kappa shape index (κ3) is 2.90. The summed E-state index contributed by atoms with van der Waals surface area (Å²) in [7, 11) is 0. The Hall–Kier alpha value is -2.94. The lowest BCUT2D eigenvalue weighted by Crippen LogP contribution is -2.38. The number of rotatable bonds is 2. The van der Waals surface area contributed by atoms with Crippen LogP contribution in [-0.4, -0.2) is 42.1 Å². The van der Waals surface area contributed by atoms with Crippen LogP contribution in [0.4, 0.5) is 8.78 Å². The first-order valence-corrected chi connectivity index (χ1v) is 8.05. The fourth-order valence-corrected chi connectivity index (χ4v) is 3.03. The number of carbonyl (C=O) groups excluding carboxylic acids is 1. The van der Waals surface area contributed by atoms with Gasteiger partial charge in [-0.15, -0.1) is 10.2 Å². The van der Waals surface area contributed by atoms with E-state index in [2.05, 4.69) is 20.2 Å². The van der Waals surface area contributed by atoms with Crippen LogP contribution in [0.15, 0.2) is 30.6 Å². The second-order valence-corrected chi connectivity index (χ2v) is 6.07. The van der Waals surface area contributed by atoms with Crippen molar-refractivity contribution in [1.29, 1.82) is 0 Å². The van der Waals surface area contributed by atoms with E-state index in [1.807, 2.05) is 0 Å². The smallest absolute Gasteiger partial charge is 0.255 e. The van der Waals surface area contributed by atoms with Crippen molar-refractivity contribution in [3.63, 3.8) is 0 Å². The number of carbonyl (C=O) groups is 1. The van der Waals surface area contributed by atoms with E-state index in [1.54, 1.807) is 9.47 Å². The van der Waals surface area contributed by atoms with Gasteiger partial charge in [0.2, 0.25) is 5.95 Å². The van der Waals surface area contributed by atoms with Crippen molar-refractivity contribution < 1.29 is 13.6 Å². The van der Waals surface area contributed by atoms with Crippen molar-refractivity contribution in [2.45, 2.75) is 13.1 Å². The number of fused-ring (bicyclic) bond motifs is 1. The zero-order chi connectivity index (χ0) is 18.3. The SMILES string of the molecule is O=C(c1ccc(F)cc1Cl)N1CCn2c(nnc2-c2cnc(F)cn2)C1. The molecular formula is C16H11ClF2N6O. The highest BCUT2D eigenvalue weighted by atomic mass is 35.5. The van der Waals surface area contributed by atoms with Crippen LogP contribution in [0.5, 0.6) is 0 Å². The molecule has 0 fully saturated rings. The maximum absolute atomic E-state index is 13.2. The minimum absolute atomic E-state index is 0.0596. The number of benzene rings is 1. The Balaban J connectivity index is 1.59. The van der Waals surface area contributed by atoms with Gasteiger partial charge in [-0.2, -0.15) is 4.39 Å². The van der Waals surface area contributed by atoms with Crippen LogP contribution in [0.25, 0.3) is 11.5 Å². The zero-order valence-electron chi connectivity index (χ0n) is 13.2. The minimum atomic E-state index is -0.680. The monoisotopic (exact) mass is 376 g/mol. The summed E-state index contributed by atoms with van der Waals surface area (Å²) in [6.45, 7) is 1.04. The van der Waals surface area contributed by atoms with E-state index < -0.39 is 11.8 Å². The summed E-state index contributed by atoms with van der Waals surface area (Å²) < 4.78 is 27.9. The number of nitrogens with zero attached hydrogens (tertiary/aromatic N) is 6. The first-order valence-electron chi connectivity index (χ1n) is 7.67. The molecule has 0 atom stereocenters. The molecule has 1 aliphatic heterocycles. The third-order valence-corrected chi connectivity index (χ3v) is 4.36. The molecule has 132 valence electrons. The van der Waals surface area contributed by atoms with Gasteiger partial charge in [0.05, 0.1) is 29.5 Å². The van der Waals surface area contributed by atoms with Gasteiger partial charge in [-0.1, -0.05) is 11.6 Å². The van der Waals surface area contributed by atoms with Crippen LogP contribution in [0.1, 0.15) is 16.2 Å². The summed E-state index contributed by atoms with van der Waals surface area (Å²) in [6.07, 6.45) is 2.29. The number of hydrogen-bond acceptors (Lipinski definition) is 5. The molecule has 0 saturated carbocycles. The molecular weight excluding hydrogens is 366 g/mol. The van der Waals surface area contributed by atoms with Crippen molar-refractivity contribution in [1.82, 2.24) is 29.6 Å². The Labute approximate surface area is 151 Å². The fourth-order valence-electron chi connectivity index (χ4n) is 2.78. The van der Waals surface area contributed by atoms with E-state index in [4.69, 9.17) is 11.6 Å². The van der Waals surface area contributed by atoms with Gasteiger partial charge in [-0.05, 0) is 18.2 Å². The van der Waals surface area contributed by atoms with Gasteiger partial charge in [-0.25, -0.2) is 14.4 Å². The molecule has 0 spiro atoms. The zero-order valence-corrected chi connectivity index (χ0v) is 14.0. The lowest BCUT2D eigenvalue weighted by atomic mass is 10.1. The van der Waals surface area contributed by atoms with Crippen LogP contribution in [0.3, 0.4) is 0 Å². The molecule has 0 radical (unpaired) electrons. The summed E-state index contributed by atoms with van der Waals surface area (Å²) in [5.74, 6) is -0.481. The predicted octanol–water partition coefficient (Wildman–Crippen LogP) is 2.32. The Bertz CT molecular complexity index is 991. The molecule has 10 heteroatoms. The highest BCUT2D eigenvalue weighted by Gasteiger charge is 2.27. The normalized spacial score (nSPS) is 13.6. The van der Waals surface area contributed by atoms with E-state index in [9.17, 15) is 13.6 Å². The van der Waals surface area contributed by atoms with Crippen LogP contribution < -0.4 is 0 Å². The molecule has 1 amide bonds. The fraction of sp³-hybridized carbons (Fsp3) is 0.188. The summed E-state index contributed by atoms with van der Waals surface area (Å²) in [5, 5.41) is 8.21. The molecule has 26 heavy (non-hydrogen) atoms. The molecule has 2 aromatic heterocycles. The molecule has 0 saturated heterocycles. The van der Waals surface area contributed by atoms with Gasteiger partial charge < -0.3 is 9.47 Å². The van der Waals surface area contributed by atoms with Gasteiger partial charge in [0, 0.05) is 13.1 Å². The first-order chi connectivity index (χ1) is 12.5. The van der Waals surface area contributed by atoms with E-state index in [1.165, 1.54) is 18.3 Å². The van der Waals surface area contributed by atoms with Crippen LogP contribution in [0.2, 0.25) is 5.02 Å². The van der Waals surface area contributed by atoms with Crippen molar-refractivity contribution >= 4 is 17.5 Å². The van der Waals surface area contributed by atoms with Crippen LogP contribution in [0, 0.1) is 11.8 Å². The average molecular weight is 377 g/mol. The molecule has 4 rings (SSSR count). The van der Waals surface area contributed by atoms with Gasteiger partial charge in [-0.3, -0.25) is 4.79 Å². The van der Waals surface area contributed by atoms with E-state index in [0.717, 1.165) is 12.3 Å². The summed E-state index contributed by atoms with van der Waals surface area (Å²) >= 11 is 5.97. The quantitative estimate of drug-likeness (QED) is 0.686. The molecule has 0 N–H and O–H groups in total. The predicted molar refractivity (Wildman–Crippen MR) is 87.2 cm³/mol. The second kappa shape index (κ2) is 6.41. The summed E-state index contributed by atoms with van der Waals surface area (Å²) in [5.41, 5.74) is 0.622. The lowest BCUT2D eigenvalue weighted by Gasteiger charge is -2.28. The molecule has 3 heterocycles. The third-order valence-electron chi connectivity index (χ3n) is 4.05. The first kappa shape index (κ1) is 16.5. The van der Waals surface area contributed by atoms with Gasteiger partial charge in [0.15, 0.2) is 11.6 Å². The van der Waals surface area contributed by atoms with E-state index >= 15 is 0 Å². The summed E-state index contributed by atoms with van der Waals surface area (Å²) in [4.78, 5) is 21.7. The van der Waals surface area contributed by atoms with Crippen LogP contribution in [-0.2, 0) is 13.1 Å². The van der Waals surface area contributed by atoms with Gasteiger partial charge in [0.1, 0.15) is 11.5 Å². The molecule has 0 bridgehead atoms. The maximum atomic E-state index is 13.2. The molecule has 1 aromatic carbocycles. The second-order valence-electron chi connectivity index (χ2n) is 5.67. The van der Waals surface area contributed by atoms with Crippen LogP contribution >= 0.6 is 11.6 Å². The number of aromatic nitrogens is 5. The molecule has 3 aromatic rings. The van der Waals surface area contributed by atoms with Crippen molar-refractivity contribution in [2.75, 3.05) is 6.54 Å². The van der Waals surface area contributed by atoms with E-state index in [0.29, 0.717) is 30.4 Å². The Morgan fingerprint density at radius 3 is 2.69 bits per heavy atom. The van der Waals surface area contributed by atoms with Gasteiger partial charge >= 0.3 is 0 Å². The van der Waals surface area contributed by atoms with Gasteiger partial charge in [0.25, 0.3) is 5.91 Å². The number of amides is 1. The van der Waals surface area contributed by atoms with Crippen molar-refractivity contribution in [3.8, 4) is 11.5 Å². The number of hydrogen-bond donors (Lipinski definition) is 0. The minimum Gasteiger partial charge on any atom is -0.329 e.